The fourth-order valence-corrected chi connectivity index (χ4v) is 4.07. The van der Waals surface area contributed by atoms with Crippen molar-refractivity contribution >= 4 is 34.0 Å². The van der Waals surface area contributed by atoms with Gasteiger partial charge in [0, 0.05) is 30.1 Å². The van der Waals surface area contributed by atoms with Crippen LogP contribution in [0, 0.1) is 13.8 Å². The van der Waals surface area contributed by atoms with Gasteiger partial charge in [0.1, 0.15) is 5.01 Å². The quantitative estimate of drug-likeness (QED) is 0.730. The van der Waals surface area contributed by atoms with Gasteiger partial charge in [0.05, 0.1) is 0 Å². The van der Waals surface area contributed by atoms with Gasteiger partial charge in [-0.2, -0.15) is 0 Å². The fourth-order valence-electron chi connectivity index (χ4n) is 3.24. The molecule has 0 spiro atoms. The number of nitrogens with zero attached hydrogens (tertiary/aromatic N) is 3. The minimum atomic E-state index is -0.216. The van der Waals surface area contributed by atoms with Crippen molar-refractivity contribution in [2.75, 3.05) is 16.8 Å². The number of carbonyl (C=O) groups excluding carboxylic acids is 2. The van der Waals surface area contributed by atoms with Crippen LogP contribution in [0.5, 0.6) is 0 Å². The number of rotatable bonds is 4. The minimum absolute atomic E-state index is 0.0180. The predicted octanol–water partition coefficient (Wildman–Crippen LogP) is 3.93. The first-order valence-electron chi connectivity index (χ1n) is 9.08. The second-order valence-corrected chi connectivity index (χ2v) is 8.02. The normalized spacial score (nSPS) is 16.4. The third-order valence-electron chi connectivity index (χ3n) is 4.76. The van der Waals surface area contributed by atoms with E-state index in [-0.39, 0.29) is 17.7 Å². The summed E-state index contributed by atoms with van der Waals surface area (Å²) in [6, 6.07) is 15.3. The Labute approximate surface area is 167 Å². The molecule has 4 rings (SSSR count). The molecule has 0 aliphatic carbocycles. The Morgan fingerprint density at radius 2 is 1.89 bits per heavy atom. The highest BCUT2D eigenvalue weighted by Gasteiger charge is 2.34. The molecule has 1 aromatic heterocycles. The summed E-state index contributed by atoms with van der Waals surface area (Å²) in [4.78, 5) is 26.6. The molecule has 1 unspecified atom stereocenters. The zero-order chi connectivity index (χ0) is 19.7. The van der Waals surface area contributed by atoms with Crippen LogP contribution in [0.25, 0.3) is 0 Å². The van der Waals surface area contributed by atoms with E-state index in [0.717, 1.165) is 21.8 Å². The molecule has 0 radical (unpaired) electrons. The number of aromatic nitrogens is 2. The minimum Gasteiger partial charge on any atom is -0.312 e. The summed E-state index contributed by atoms with van der Waals surface area (Å²) in [5, 5.41) is 12.3. The molecule has 28 heavy (non-hydrogen) atoms. The van der Waals surface area contributed by atoms with E-state index in [0.29, 0.717) is 23.7 Å². The molecule has 1 aliphatic rings. The number of carbonyl (C=O) groups is 2. The molecule has 1 fully saturated rings. The zero-order valence-electron chi connectivity index (χ0n) is 15.7. The molecule has 0 bridgehead atoms. The molecule has 1 aliphatic heterocycles. The molecule has 1 atom stereocenters. The Balaban J connectivity index is 1.45. The van der Waals surface area contributed by atoms with E-state index in [2.05, 4.69) is 15.5 Å². The van der Waals surface area contributed by atoms with Crippen molar-refractivity contribution in [3.63, 3.8) is 0 Å². The van der Waals surface area contributed by atoms with Crippen LogP contribution in [-0.4, -0.2) is 28.6 Å². The fraction of sp³-hybridized carbons (Fsp3) is 0.238. The molecular weight excluding hydrogens is 372 g/mol. The summed E-state index contributed by atoms with van der Waals surface area (Å²) < 4.78 is 0. The average molecular weight is 392 g/mol. The number of amides is 2. The van der Waals surface area contributed by atoms with Gasteiger partial charge >= 0.3 is 0 Å². The van der Waals surface area contributed by atoms with Crippen molar-refractivity contribution in [2.45, 2.75) is 26.2 Å². The van der Waals surface area contributed by atoms with Crippen LogP contribution in [0.1, 0.15) is 38.8 Å². The van der Waals surface area contributed by atoms with Crippen LogP contribution in [0.2, 0.25) is 0 Å². The second-order valence-electron chi connectivity index (χ2n) is 7.01. The third kappa shape index (κ3) is 3.80. The van der Waals surface area contributed by atoms with Crippen molar-refractivity contribution in [3.8, 4) is 0 Å². The van der Waals surface area contributed by atoms with Gasteiger partial charge in [-0.1, -0.05) is 41.2 Å². The topological polar surface area (TPSA) is 75.2 Å². The Morgan fingerprint density at radius 1 is 1.11 bits per heavy atom. The lowest BCUT2D eigenvalue weighted by Gasteiger charge is -2.16. The van der Waals surface area contributed by atoms with Crippen molar-refractivity contribution in [3.05, 3.63) is 70.2 Å². The van der Waals surface area contributed by atoms with E-state index in [9.17, 15) is 9.59 Å². The van der Waals surface area contributed by atoms with Crippen LogP contribution in [0.15, 0.2) is 48.5 Å². The van der Waals surface area contributed by atoms with Crippen LogP contribution in [-0.2, 0) is 4.79 Å². The van der Waals surface area contributed by atoms with Gasteiger partial charge in [-0.25, -0.2) is 0 Å². The molecule has 3 aromatic rings. The van der Waals surface area contributed by atoms with Crippen LogP contribution >= 0.6 is 11.3 Å². The van der Waals surface area contributed by atoms with E-state index in [1.807, 2.05) is 50.2 Å². The molecular formula is C21H20N4O2S. The smallest absolute Gasteiger partial charge is 0.257 e. The Hall–Kier alpha value is -3.06. The van der Waals surface area contributed by atoms with Gasteiger partial charge < -0.3 is 4.90 Å². The Kier molecular flexibility index (Phi) is 4.92. The predicted molar refractivity (Wildman–Crippen MR) is 110 cm³/mol. The van der Waals surface area contributed by atoms with Crippen molar-refractivity contribution < 1.29 is 9.59 Å². The number of anilines is 2. The van der Waals surface area contributed by atoms with Gasteiger partial charge in [0.2, 0.25) is 11.0 Å². The number of hydrogen-bond donors (Lipinski definition) is 1. The van der Waals surface area contributed by atoms with Crippen LogP contribution in [0.4, 0.5) is 10.8 Å². The van der Waals surface area contributed by atoms with Gasteiger partial charge in [0.15, 0.2) is 0 Å². The molecule has 142 valence electrons. The highest BCUT2D eigenvalue weighted by molar-refractivity contribution is 7.15. The van der Waals surface area contributed by atoms with Gasteiger partial charge in [0.25, 0.3) is 5.91 Å². The molecule has 1 saturated heterocycles. The third-order valence-corrected chi connectivity index (χ3v) is 5.76. The van der Waals surface area contributed by atoms with E-state index >= 15 is 0 Å². The number of benzene rings is 2. The van der Waals surface area contributed by atoms with E-state index in [4.69, 9.17) is 0 Å². The summed E-state index contributed by atoms with van der Waals surface area (Å²) in [7, 11) is 0. The van der Waals surface area contributed by atoms with Gasteiger partial charge in [-0.15, -0.1) is 10.2 Å². The molecule has 6 nitrogen and oxygen atoms in total. The largest absolute Gasteiger partial charge is 0.312 e. The summed E-state index contributed by atoms with van der Waals surface area (Å²) in [5.41, 5.74) is 3.69. The first kappa shape index (κ1) is 18.3. The average Bonchev–Trinajstić information content (AvgIpc) is 3.29. The van der Waals surface area contributed by atoms with E-state index in [1.165, 1.54) is 11.3 Å². The molecule has 2 heterocycles. The van der Waals surface area contributed by atoms with E-state index < -0.39 is 0 Å². The highest BCUT2D eigenvalue weighted by Crippen LogP contribution is 2.34. The van der Waals surface area contributed by atoms with Gasteiger partial charge in [-0.3, -0.25) is 14.9 Å². The second kappa shape index (κ2) is 7.52. The van der Waals surface area contributed by atoms with Crippen LogP contribution in [0.3, 0.4) is 0 Å². The van der Waals surface area contributed by atoms with E-state index in [1.54, 1.807) is 17.0 Å². The monoisotopic (exact) mass is 392 g/mol. The standard InChI is InChI=1S/C21H20N4O2S/c1-13-6-8-15(9-7-13)19(27)22-21-24-23-20(28-21)16-11-18(26)25(12-16)17-5-3-4-14(2)10-17/h3-10,16H,11-12H2,1-2H3,(H,22,24,27). The number of nitrogens with one attached hydrogen (secondary N) is 1. The molecule has 1 N–H and O–H groups in total. The first-order valence-corrected chi connectivity index (χ1v) is 9.90. The van der Waals surface area contributed by atoms with Crippen LogP contribution < -0.4 is 10.2 Å². The maximum atomic E-state index is 12.5. The Bertz CT molecular complexity index is 1030. The summed E-state index contributed by atoms with van der Waals surface area (Å²) in [6.07, 6.45) is 0.397. The highest BCUT2D eigenvalue weighted by atomic mass is 32.1. The lowest BCUT2D eigenvalue weighted by Crippen LogP contribution is -2.24. The first-order chi connectivity index (χ1) is 13.5. The number of hydrogen-bond acceptors (Lipinski definition) is 5. The summed E-state index contributed by atoms with van der Waals surface area (Å²) in [6.45, 7) is 4.56. The lowest BCUT2D eigenvalue weighted by atomic mass is 10.1. The maximum absolute atomic E-state index is 12.5. The SMILES string of the molecule is Cc1ccc(C(=O)Nc2nnc(C3CC(=O)N(c4cccc(C)c4)C3)s2)cc1. The molecule has 7 heteroatoms. The Morgan fingerprint density at radius 3 is 2.64 bits per heavy atom. The molecule has 0 saturated carbocycles. The number of aryl methyl sites for hydroxylation is 2. The molecule has 2 amide bonds. The lowest BCUT2D eigenvalue weighted by molar-refractivity contribution is -0.117. The molecule has 2 aromatic carbocycles. The van der Waals surface area contributed by atoms with Crippen molar-refractivity contribution in [1.29, 1.82) is 0 Å². The maximum Gasteiger partial charge on any atom is 0.257 e. The van der Waals surface area contributed by atoms with Crippen molar-refractivity contribution in [2.24, 2.45) is 0 Å². The van der Waals surface area contributed by atoms with Crippen molar-refractivity contribution in [1.82, 2.24) is 10.2 Å². The van der Waals surface area contributed by atoms with Gasteiger partial charge in [-0.05, 0) is 43.7 Å². The summed E-state index contributed by atoms with van der Waals surface area (Å²) in [5.74, 6) is -0.154. The zero-order valence-corrected chi connectivity index (χ0v) is 16.5. The summed E-state index contributed by atoms with van der Waals surface area (Å²) >= 11 is 1.33.